The molecule has 0 N–H and O–H groups in total. The van der Waals surface area contributed by atoms with Crippen molar-refractivity contribution < 1.29 is 19.0 Å². The van der Waals surface area contributed by atoms with E-state index in [0.29, 0.717) is 35.8 Å². The van der Waals surface area contributed by atoms with Gasteiger partial charge in [-0.05, 0) is 24.6 Å². The molecule has 5 heteroatoms. The van der Waals surface area contributed by atoms with Crippen LogP contribution in [0.25, 0.3) is 0 Å². The first-order valence-corrected chi connectivity index (χ1v) is 8.72. The number of benzene rings is 2. The van der Waals surface area contributed by atoms with Crippen molar-refractivity contribution >= 4 is 21.9 Å². The van der Waals surface area contributed by atoms with E-state index in [4.69, 9.17) is 14.2 Å². The fraction of sp³-hybridized carbons (Fsp3) is 0.211. The second-order valence-corrected chi connectivity index (χ2v) is 5.38. The third-order valence-corrected chi connectivity index (χ3v) is 3.58. The van der Waals surface area contributed by atoms with E-state index in [1.807, 2.05) is 48.5 Å². The van der Waals surface area contributed by atoms with E-state index in [9.17, 15) is 4.79 Å². The summed E-state index contributed by atoms with van der Waals surface area (Å²) < 4.78 is 16.5. The normalized spacial score (nSPS) is 11.0. The molecule has 0 aliphatic rings. The van der Waals surface area contributed by atoms with Crippen molar-refractivity contribution in [2.75, 3.05) is 11.9 Å². The Hall–Kier alpha value is -2.27. The molecule has 0 amide bonds. The Morgan fingerprint density at radius 3 is 2.38 bits per heavy atom. The molecule has 0 heterocycles. The van der Waals surface area contributed by atoms with Crippen LogP contribution in [-0.2, 0) is 16.1 Å². The number of esters is 1. The van der Waals surface area contributed by atoms with Gasteiger partial charge >= 0.3 is 5.97 Å². The van der Waals surface area contributed by atoms with Gasteiger partial charge in [0.25, 0.3) is 0 Å². The first-order chi connectivity index (χ1) is 11.7. The molecular formula is C19H19BrO4. The van der Waals surface area contributed by atoms with Crippen LogP contribution >= 0.6 is 15.9 Å². The van der Waals surface area contributed by atoms with Gasteiger partial charge in [0.2, 0.25) is 0 Å². The summed E-state index contributed by atoms with van der Waals surface area (Å²) in [5, 5.41) is 0.388. The van der Waals surface area contributed by atoms with Gasteiger partial charge < -0.3 is 14.2 Å². The lowest BCUT2D eigenvalue weighted by Crippen LogP contribution is -2.06. The molecule has 0 saturated heterocycles. The van der Waals surface area contributed by atoms with Crippen LogP contribution in [0.5, 0.6) is 11.5 Å². The van der Waals surface area contributed by atoms with Crippen molar-refractivity contribution in [2.45, 2.75) is 13.5 Å². The van der Waals surface area contributed by atoms with Gasteiger partial charge in [0.1, 0.15) is 12.4 Å². The van der Waals surface area contributed by atoms with E-state index in [1.54, 1.807) is 13.0 Å². The molecule has 24 heavy (non-hydrogen) atoms. The van der Waals surface area contributed by atoms with Crippen LogP contribution in [0, 0.1) is 0 Å². The summed E-state index contributed by atoms with van der Waals surface area (Å²) in [5.41, 5.74) is 1.06. The van der Waals surface area contributed by atoms with Crippen LogP contribution in [0.3, 0.4) is 0 Å². The number of halogens is 1. The summed E-state index contributed by atoms with van der Waals surface area (Å²) in [6.45, 7) is 2.52. The predicted octanol–water partition coefficient (Wildman–Crippen LogP) is 4.49. The highest BCUT2D eigenvalue weighted by Crippen LogP contribution is 2.29. The number of hydrogen-bond acceptors (Lipinski definition) is 4. The summed E-state index contributed by atoms with van der Waals surface area (Å²) in [6.07, 6.45) is 1.33. The molecule has 2 aromatic rings. The van der Waals surface area contributed by atoms with Gasteiger partial charge in [-0.3, -0.25) is 0 Å². The SMILES string of the molecule is CCOC(=O)/C=C(/CBr)Oc1ccccc1OCc1ccccc1. The molecule has 126 valence electrons. The number of alkyl halides is 1. The average Bonchev–Trinajstić information content (AvgIpc) is 2.61. The molecule has 0 radical (unpaired) electrons. The molecule has 0 bridgehead atoms. The van der Waals surface area contributed by atoms with Crippen molar-refractivity contribution in [2.24, 2.45) is 0 Å². The van der Waals surface area contributed by atoms with Crippen LogP contribution in [0.15, 0.2) is 66.4 Å². The second kappa shape index (κ2) is 9.78. The van der Waals surface area contributed by atoms with Gasteiger partial charge in [-0.25, -0.2) is 4.79 Å². The highest BCUT2D eigenvalue weighted by atomic mass is 79.9. The minimum Gasteiger partial charge on any atom is -0.485 e. The van der Waals surface area contributed by atoms with Crippen molar-refractivity contribution in [3.63, 3.8) is 0 Å². The number of rotatable bonds is 8. The lowest BCUT2D eigenvalue weighted by atomic mass is 10.2. The molecule has 0 unspecified atom stereocenters. The van der Waals surface area contributed by atoms with Crippen LogP contribution < -0.4 is 9.47 Å². The Labute approximate surface area is 150 Å². The maximum Gasteiger partial charge on any atom is 0.334 e. The molecule has 0 aliphatic carbocycles. The molecule has 0 fully saturated rings. The summed E-state index contributed by atoms with van der Waals surface area (Å²) in [7, 11) is 0. The first kappa shape index (κ1) is 18.1. The summed E-state index contributed by atoms with van der Waals surface area (Å²) in [5.74, 6) is 1.17. The topological polar surface area (TPSA) is 44.8 Å². The van der Waals surface area contributed by atoms with Crippen molar-refractivity contribution in [1.29, 1.82) is 0 Å². The quantitative estimate of drug-likeness (QED) is 0.288. The van der Waals surface area contributed by atoms with Gasteiger partial charge in [-0.1, -0.05) is 58.4 Å². The van der Waals surface area contributed by atoms with Gasteiger partial charge in [0, 0.05) is 0 Å². The van der Waals surface area contributed by atoms with Gasteiger partial charge in [0.05, 0.1) is 18.0 Å². The summed E-state index contributed by atoms with van der Waals surface area (Å²) >= 11 is 3.31. The third kappa shape index (κ3) is 5.74. The van der Waals surface area contributed by atoms with Crippen molar-refractivity contribution in [3.8, 4) is 11.5 Å². The van der Waals surface area contributed by atoms with Gasteiger partial charge in [-0.2, -0.15) is 0 Å². The molecular weight excluding hydrogens is 372 g/mol. The predicted molar refractivity (Wildman–Crippen MR) is 96.4 cm³/mol. The molecule has 0 atom stereocenters. The minimum absolute atomic E-state index is 0.321. The molecule has 4 nitrogen and oxygen atoms in total. The minimum atomic E-state index is -0.436. The molecule has 2 aromatic carbocycles. The molecule has 0 saturated carbocycles. The standard InChI is InChI=1S/C19H19BrO4/c1-2-22-19(21)12-16(13-20)24-18-11-7-6-10-17(18)23-14-15-8-4-3-5-9-15/h3-12H,2,13-14H2,1H3/b16-12-. The fourth-order valence-corrected chi connectivity index (χ4v) is 2.22. The number of para-hydroxylation sites is 2. The van der Waals surface area contributed by atoms with E-state index in [1.165, 1.54) is 6.08 Å². The van der Waals surface area contributed by atoms with Crippen LogP contribution in [0.2, 0.25) is 0 Å². The van der Waals surface area contributed by atoms with Crippen LogP contribution in [0.1, 0.15) is 12.5 Å². The van der Waals surface area contributed by atoms with Crippen LogP contribution in [-0.4, -0.2) is 17.9 Å². The Morgan fingerprint density at radius 2 is 1.71 bits per heavy atom. The third-order valence-electron chi connectivity index (χ3n) is 3.02. The maximum atomic E-state index is 11.6. The number of ether oxygens (including phenoxy) is 3. The van der Waals surface area contributed by atoms with Crippen molar-refractivity contribution in [1.82, 2.24) is 0 Å². The smallest absolute Gasteiger partial charge is 0.334 e. The largest absolute Gasteiger partial charge is 0.485 e. The number of allylic oxidation sites excluding steroid dienone is 1. The highest BCUT2D eigenvalue weighted by Gasteiger charge is 2.09. The average molecular weight is 391 g/mol. The number of hydrogen-bond donors (Lipinski definition) is 0. The van der Waals surface area contributed by atoms with E-state index in [2.05, 4.69) is 15.9 Å². The lowest BCUT2D eigenvalue weighted by Gasteiger charge is -2.13. The van der Waals surface area contributed by atoms with Crippen LogP contribution in [0.4, 0.5) is 0 Å². The van der Waals surface area contributed by atoms with Gasteiger partial charge in [-0.15, -0.1) is 0 Å². The molecule has 0 spiro atoms. The Balaban J connectivity index is 2.08. The maximum absolute atomic E-state index is 11.6. The lowest BCUT2D eigenvalue weighted by molar-refractivity contribution is -0.137. The van der Waals surface area contributed by atoms with E-state index in [0.717, 1.165) is 5.56 Å². The zero-order chi connectivity index (χ0) is 17.2. The fourth-order valence-electron chi connectivity index (χ4n) is 1.94. The zero-order valence-electron chi connectivity index (χ0n) is 13.4. The second-order valence-electron chi connectivity index (χ2n) is 4.82. The molecule has 0 aromatic heterocycles. The van der Waals surface area contributed by atoms with Gasteiger partial charge in [0.15, 0.2) is 11.5 Å². The van der Waals surface area contributed by atoms with E-state index >= 15 is 0 Å². The molecule has 2 rings (SSSR count). The number of carbonyl (C=O) groups excluding carboxylic acids is 1. The van der Waals surface area contributed by atoms with E-state index < -0.39 is 5.97 Å². The Kier molecular flexibility index (Phi) is 7.36. The van der Waals surface area contributed by atoms with E-state index in [-0.39, 0.29) is 0 Å². The summed E-state index contributed by atoms with van der Waals surface area (Å²) in [6, 6.07) is 17.2. The summed E-state index contributed by atoms with van der Waals surface area (Å²) in [4.78, 5) is 11.6. The Bertz CT molecular complexity index is 683. The highest BCUT2D eigenvalue weighted by molar-refractivity contribution is 9.09. The number of carbonyl (C=O) groups is 1. The molecule has 0 aliphatic heterocycles. The monoisotopic (exact) mass is 390 g/mol. The first-order valence-electron chi connectivity index (χ1n) is 7.59. The Morgan fingerprint density at radius 1 is 1.04 bits per heavy atom. The zero-order valence-corrected chi connectivity index (χ0v) is 15.0. The van der Waals surface area contributed by atoms with Crippen molar-refractivity contribution in [3.05, 3.63) is 72.0 Å².